The van der Waals surface area contributed by atoms with Crippen LogP contribution in [0.2, 0.25) is 0 Å². The minimum absolute atomic E-state index is 0.0129. The summed E-state index contributed by atoms with van der Waals surface area (Å²) in [7, 11) is 0. The van der Waals surface area contributed by atoms with Crippen molar-refractivity contribution in [1.29, 1.82) is 0 Å². The van der Waals surface area contributed by atoms with E-state index in [4.69, 9.17) is 4.52 Å². The van der Waals surface area contributed by atoms with E-state index >= 15 is 0 Å². The van der Waals surface area contributed by atoms with Crippen LogP contribution in [0.1, 0.15) is 35.4 Å². The van der Waals surface area contributed by atoms with Crippen molar-refractivity contribution in [1.82, 2.24) is 15.4 Å². The SMILES string of the molecule is CC(=O)N[C@@H]1CN(C(=O)Cc2cc(C)no2)C[C@H]1c1ccc(C)cc1. The molecule has 1 N–H and O–H groups in total. The topological polar surface area (TPSA) is 75.4 Å². The van der Waals surface area contributed by atoms with Gasteiger partial charge in [0, 0.05) is 32.0 Å². The second kappa shape index (κ2) is 7.09. The van der Waals surface area contributed by atoms with Gasteiger partial charge in [-0.2, -0.15) is 0 Å². The second-order valence-electron chi connectivity index (χ2n) is 6.73. The van der Waals surface area contributed by atoms with Crippen LogP contribution in [0.5, 0.6) is 0 Å². The van der Waals surface area contributed by atoms with Crippen LogP contribution in [-0.4, -0.2) is 41.0 Å². The maximum absolute atomic E-state index is 12.6. The van der Waals surface area contributed by atoms with Crippen LogP contribution in [-0.2, 0) is 16.0 Å². The van der Waals surface area contributed by atoms with E-state index in [1.165, 1.54) is 12.5 Å². The second-order valence-corrected chi connectivity index (χ2v) is 6.73. The van der Waals surface area contributed by atoms with E-state index in [2.05, 4.69) is 34.7 Å². The van der Waals surface area contributed by atoms with Crippen LogP contribution in [0.15, 0.2) is 34.9 Å². The van der Waals surface area contributed by atoms with E-state index in [-0.39, 0.29) is 30.2 Å². The average molecular weight is 341 g/mol. The molecule has 0 unspecified atom stereocenters. The lowest BCUT2D eigenvalue weighted by Crippen LogP contribution is -2.39. The van der Waals surface area contributed by atoms with Gasteiger partial charge in [0.15, 0.2) is 0 Å². The molecular weight excluding hydrogens is 318 g/mol. The number of hydrogen-bond acceptors (Lipinski definition) is 4. The van der Waals surface area contributed by atoms with Gasteiger partial charge in [-0.25, -0.2) is 0 Å². The summed E-state index contributed by atoms with van der Waals surface area (Å²) in [5, 5.41) is 6.81. The van der Waals surface area contributed by atoms with Gasteiger partial charge in [-0.1, -0.05) is 35.0 Å². The van der Waals surface area contributed by atoms with Crippen LogP contribution in [0.25, 0.3) is 0 Å². The van der Waals surface area contributed by atoms with Gasteiger partial charge in [0.25, 0.3) is 0 Å². The first-order valence-electron chi connectivity index (χ1n) is 8.46. The number of nitrogens with zero attached hydrogens (tertiary/aromatic N) is 2. The molecule has 132 valence electrons. The molecule has 2 atom stereocenters. The number of hydrogen-bond donors (Lipinski definition) is 1. The average Bonchev–Trinajstić information content (AvgIpc) is 3.14. The number of nitrogens with one attached hydrogen (secondary N) is 1. The summed E-state index contributed by atoms with van der Waals surface area (Å²) in [6, 6.07) is 9.95. The highest BCUT2D eigenvalue weighted by Gasteiger charge is 2.36. The molecule has 6 nitrogen and oxygen atoms in total. The van der Waals surface area contributed by atoms with Crippen molar-refractivity contribution >= 4 is 11.8 Å². The molecule has 25 heavy (non-hydrogen) atoms. The summed E-state index contributed by atoms with van der Waals surface area (Å²) in [5.41, 5.74) is 3.08. The number of aryl methyl sites for hydroxylation is 2. The molecular formula is C19H23N3O3. The Balaban J connectivity index is 1.75. The highest BCUT2D eigenvalue weighted by Crippen LogP contribution is 2.28. The lowest BCUT2D eigenvalue weighted by molar-refractivity contribution is -0.130. The van der Waals surface area contributed by atoms with Crippen molar-refractivity contribution in [2.45, 2.75) is 39.2 Å². The minimum atomic E-state index is -0.0828. The number of aromatic nitrogens is 1. The van der Waals surface area contributed by atoms with Crippen molar-refractivity contribution in [3.63, 3.8) is 0 Å². The van der Waals surface area contributed by atoms with Gasteiger partial charge in [-0.05, 0) is 19.4 Å². The van der Waals surface area contributed by atoms with E-state index in [0.29, 0.717) is 18.8 Å². The first-order valence-corrected chi connectivity index (χ1v) is 8.46. The highest BCUT2D eigenvalue weighted by atomic mass is 16.5. The third-order valence-electron chi connectivity index (χ3n) is 4.57. The van der Waals surface area contributed by atoms with Gasteiger partial charge in [0.1, 0.15) is 5.76 Å². The number of rotatable bonds is 4. The fraction of sp³-hybridized carbons (Fsp3) is 0.421. The lowest BCUT2D eigenvalue weighted by atomic mass is 9.93. The molecule has 2 aromatic rings. The van der Waals surface area contributed by atoms with E-state index in [9.17, 15) is 9.59 Å². The molecule has 1 aromatic heterocycles. The fourth-order valence-electron chi connectivity index (χ4n) is 3.33. The van der Waals surface area contributed by atoms with E-state index < -0.39 is 0 Å². The molecule has 0 bridgehead atoms. The molecule has 0 spiro atoms. The van der Waals surface area contributed by atoms with Crippen LogP contribution < -0.4 is 5.32 Å². The van der Waals surface area contributed by atoms with Crippen molar-refractivity contribution in [2.75, 3.05) is 13.1 Å². The molecule has 0 radical (unpaired) electrons. The van der Waals surface area contributed by atoms with Crippen molar-refractivity contribution in [2.24, 2.45) is 0 Å². The molecule has 6 heteroatoms. The number of amides is 2. The van der Waals surface area contributed by atoms with E-state index in [0.717, 1.165) is 11.3 Å². The summed E-state index contributed by atoms with van der Waals surface area (Å²) in [6.07, 6.45) is 0.189. The maximum Gasteiger partial charge on any atom is 0.230 e. The molecule has 0 saturated carbocycles. The largest absolute Gasteiger partial charge is 0.361 e. The Bertz CT molecular complexity index is 766. The van der Waals surface area contributed by atoms with Crippen molar-refractivity contribution in [3.8, 4) is 0 Å². The molecule has 2 heterocycles. The van der Waals surface area contributed by atoms with Gasteiger partial charge in [0.05, 0.1) is 18.2 Å². The van der Waals surface area contributed by atoms with Crippen LogP contribution in [0, 0.1) is 13.8 Å². The Hall–Kier alpha value is -2.63. The zero-order chi connectivity index (χ0) is 18.0. The molecule has 0 aliphatic carbocycles. The Labute approximate surface area is 147 Å². The van der Waals surface area contributed by atoms with Crippen molar-refractivity contribution < 1.29 is 14.1 Å². The predicted molar refractivity (Wildman–Crippen MR) is 93.0 cm³/mol. The van der Waals surface area contributed by atoms with Crippen LogP contribution >= 0.6 is 0 Å². The Morgan fingerprint density at radius 1 is 1.24 bits per heavy atom. The Morgan fingerprint density at radius 2 is 1.96 bits per heavy atom. The third kappa shape index (κ3) is 4.07. The first kappa shape index (κ1) is 17.2. The smallest absolute Gasteiger partial charge is 0.230 e. The minimum Gasteiger partial charge on any atom is -0.361 e. The summed E-state index contributed by atoms with van der Waals surface area (Å²) >= 11 is 0. The lowest BCUT2D eigenvalue weighted by Gasteiger charge is -2.19. The molecule has 1 fully saturated rings. The molecule has 1 aliphatic rings. The van der Waals surface area contributed by atoms with Gasteiger partial charge >= 0.3 is 0 Å². The summed E-state index contributed by atoms with van der Waals surface area (Å²) in [6.45, 7) is 6.46. The molecule has 1 aliphatic heterocycles. The predicted octanol–water partition coefficient (Wildman–Crippen LogP) is 1.96. The third-order valence-corrected chi connectivity index (χ3v) is 4.57. The van der Waals surface area contributed by atoms with Gasteiger partial charge in [-0.3, -0.25) is 9.59 Å². The maximum atomic E-state index is 12.6. The van der Waals surface area contributed by atoms with Crippen LogP contribution in [0.3, 0.4) is 0 Å². The monoisotopic (exact) mass is 341 g/mol. The summed E-state index contributed by atoms with van der Waals surface area (Å²) in [5.74, 6) is 0.561. The normalized spacial score (nSPS) is 19.9. The summed E-state index contributed by atoms with van der Waals surface area (Å²) < 4.78 is 5.14. The molecule has 2 amide bonds. The zero-order valence-electron chi connectivity index (χ0n) is 14.8. The number of likely N-dealkylation sites (tertiary alicyclic amines) is 1. The first-order chi connectivity index (χ1) is 11.9. The Morgan fingerprint density at radius 3 is 2.56 bits per heavy atom. The zero-order valence-corrected chi connectivity index (χ0v) is 14.8. The van der Waals surface area contributed by atoms with Gasteiger partial charge in [-0.15, -0.1) is 0 Å². The standard InChI is InChI=1S/C19H23N3O3/c1-12-4-6-15(7-5-12)17-10-22(11-18(17)20-14(3)23)19(24)9-16-8-13(2)21-25-16/h4-8,17-18H,9-11H2,1-3H3,(H,20,23)/t17-,18+/m0/s1. The number of benzene rings is 1. The quantitative estimate of drug-likeness (QED) is 0.922. The van der Waals surface area contributed by atoms with Gasteiger partial charge in [0.2, 0.25) is 11.8 Å². The highest BCUT2D eigenvalue weighted by molar-refractivity contribution is 5.79. The van der Waals surface area contributed by atoms with E-state index in [1.54, 1.807) is 11.0 Å². The van der Waals surface area contributed by atoms with Gasteiger partial charge < -0.3 is 14.7 Å². The molecule has 1 aromatic carbocycles. The van der Waals surface area contributed by atoms with E-state index in [1.807, 2.05) is 13.8 Å². The van der Waals surface area contributed by atoms with Crippen LogP contribution in [0.4, 0.5) is 0 Å². The fourth-order valence-corrected chi connectivity index (χ4v) is 3.33. The number of carbonyl (C=O) groups excluding carboxylic acids is 2. The molecule has 1 saturated heterocycles. The Kier molecular flexibility index (Phi) is 4.88. The molecule has 3 rings (SSSR count). The number of carbonyl (C=O) groups is 2. The summed E-state index contributed by atoms with van der Waals surface area (Å²) in [4.78, 5) is 26.0. The van der Waals surface area contributed by atoms with Crippen molar-refractivity contribution in [3.05, 3.63) is 52.9 Å².